The second-order valence-electron chi connectivity index (χ2n) is 5.94. The number of aryl methyl sites for hydroxylation is 2. The van der Waals surface area contributed by atoms with E-state index in [1.54, 1.807) is 0 Å². The molecule has 0 saturated carbocycles. The van der Waals surface area contributed by atoms with Gasteiger partial charge in [0, 0.05) is 17.6 Å². The first-order valence-electron chi connectivity index (χ1n) is 7.06. The standard InChI is InChI=1S/C15H21NO3/c1-8-9(2)19-10(3)14(8)15(18)16-11-4-5-12(16)7-13(17)6-11/h11-13,17H,4-7H2,1-3H3. The maximum Gasteiger partial charge on any atom is 0.258 e. The average Bonchev–Trinajstić information content (AvgIpc) is 2.74. The van der Waals surface area contributed by atoms with E-state index in [0.717, 1.165) is 42.6 Å². The molecule has 1 N–H and O–H groups in total. The van der Waals surface area contributed by atoms with E-state index in [4.69, 9.17) is 4.42 Å². The minimum absolute atomic E-state index is 0.0891. The molecule has 0 aromatic carbocycles. The maximum absolute atomic E-state index is 12.8. The smallest absolute Gasteiger partial charge is 0.258 e. The summed E-state index contributed by atoms with van der Waals surface area (Å²) in [7, 11) is 0. The molecule has 1 aromatic heterocycles. The van der Waals surface area contributed by atoms with Crippen molar-refractivity contribution in [3.8, 4) is 0 Å². The molecular weight excluding hydrogens is 242 g/mol. The third-order valence-corrected chi connectivity index (χ3v) is 4.72. The summed E-state index contributed by atoms with van der Waals surface area (Å²) in [5.41, 5.74) is 1.68. The Labute approximate surface area is 113 Å². The van der Waals surface area contributed by atoms with E-state index in [1.807, 2.05) is 25.7 Å². The molecule has 4 heteroatoms. The van der Waals surface area contributed by atoms with Crippen molar-refractivity contribution in [3.05, 3.63) is 22.6 Å². The molecule has 2 saturated heterocycles. The Hall–Kier alpha value is -1.29. The van der Waals surface area contributed by atoms with Crippen LogP contribution in [0.1, 0.15) is 53.1 Å². The number of nitrogens with zero attached hydrogens (tertiary/aromatic N) is 1. The van der Waals surface area contributed by atoms with E-state index in [0.29, 0.717) is 5.76 Å². The molecule has 2 fully saturated rings. The Kier molecular flexibility index (Phi) is 2.93. The molecule has 2 aliphatic heterocycles. The number of fused-ring (bicyclic) bond motifs is 2. The fourth-order valence-electron chi connectivity index (χ4n) is 3.72. The number of aliphatic hydroxyl groups is 1. The van der Waals surface area contributed by atoms with Crippen molar-refractivity contribution in [2.75, 3.05) is 0 Å². The number of aliphatic hydroxyl groups excluding tert-OH is 1. The van der Waals surface area contributed by atoms with E-state index in [9.17, 15) is 9.90 Å². The molecule has 19 heavy (non-hydrogen) atoms. The molecule has 0 aliphatic carbocycles. The summed E-state index contributed by atoms with van der Waals surface area (Å²) >= 11 is 0. The van der Waals surface area contributed by atoms with Gasteiger partial charge in [-0.3, -0.25) is 4.79 Å². The third kappa shape index (κ3) is 1.89. The van der Waals surface area contributed by atoms with Crippen LogP contribution in [0.5, 0.6) is 0 Å². The molecule has 3 rings (SSSR count). The lowest BCUT2D eigenvalue weighted by Crippen LogP contribution is -2.48. The molecule has 3 heterocycles. The highest BCUT2D eigenvalue weighted by Gasteiger charge is 2.43. The molecular formula is C15H21NO3. The van der Waals surface area contributed by atoms with Crippen LogP contribution in [-0.4, -0.2) is 34.1 Å². The molecule has 1 aromatic rings. The van der Waals surface area contributed by atoms with Crippen molar-refractivity contribution in [2.24, 2.45) is 0 Å². The van der Waals surface area contributed by atoms with Crippen molar-refractivity contribution in [3.63, 3.8) is 0 Å². The summed E-state index contributed by atoms with van der Waals surface area (Å²) in [5, 5.41) is 9.82. The quantitative estimate of drug-likeness (QED) is 0.846. The van der Waals surface area contributed by atoms with Gasteiger partial charge in [-0.25, -0.2) is 0 Å². The van der Waals surface area contributed by atoms with E-state index < -0.39 is 0 Å². The predicted octanol–water partition coefficient (Wildman–Crippen LogP) is 2.33. The van der Waals surface area contributed by atoms with Crippen LogP contribution < -0.4 is 0 Å². The van der Waals surface area contributed by atoms with Crippen LogP contribution in [0.2, 0.25) is 0 Å². The number of hydrogen-bond donors (Lipinski definition) is 1. The second kappa shape index (κ2) is 4.37. The fourth-order valence-corrected chi connectivity index (χ4v) is 3.72. The number of furan rings is 1. The number of carbonyl (C=O) groups excluding carboxylic acids is 1. The number of rotatable bonds is 1. The Morgan fingerprint density at radius 3 is 2.21 bits per heavy atom. The minimum Gasteiger partial charge on any atom is -0.466 e. The molecule has 4 nitrogen and oxygen atoms in total. The summed E-state index contributed by atoms with van der Waals surface area (Å²) in [5.74, 6) is 1.63. The topological polar surface area (TPSA) is 53.7 Å². The SMILES string of the molecule is Cc1oc(C)c(C(=O)N2C3CCC2CC(O)C3)c1C. The molecule has 2 aliphatic rings. The third-order valence-electron chi connectivity index (χ3n) is 4.72. The Morgan fingerprint density at radius 2 is 1.74 bits per heavy atom. The highest BCUT2D eigenvalue weighted by atomic mass is 16.3. The van der Waals surface area contributed by atoms with Crippen LogP contribution in [0.3, 0.4) is 0 Å². The Bertz CT molecular complexity index is 506. The van der Waals surface area contributed by atoms with E-state index >= 15 is 0 Å². The first-order valence-corrected chi connectivity index (χ1v) is 7.06. The van der Waals surface area contributed by atoms with Gasteiger partial charge in [0.05, 0.1) is 11.7 Å². The monoisotopic (exact) mass is 263 g/mol. The molecule has 2 atom stereocenters. The average molecular weight is 263 g/mol. The highest BCUT2D eigenvalue weighted by Crippen LogP contribution is 2.38. The fraction of sp³-hybridized carbons (Fsp3) is 0.667. The van der Waals surface area contributed by atoms with Crippen LogP contribution in [0.25, 0.3) is 0 Å². The van der Waals surface area contributed by atoms with Crippen LogP contribution in [-0.2, 0) is 0 Å². The number of piperidine rings is 1. The lowest BCUT2D eigenvalue weighted by atomic mass is 9.98. The van der Waals surface area contributed by atoms with Gasteiger partial charge in [-0.1, -0.05) is 0 Å². The van der Waals surface area contributed by atoms with E-state index in [-0.39, 0.29) is 24.1 Å². The normalized spacial score (nSPS) is 29.9. The van der Waals surface area contributed by atoms with Gasteiger partial charge >= 0.3 is 0 Å². The molecule has 2 unspecified atom stereocenters. The summed E-state index contributed by atoms with van der Waals surface area (Å²) in [6.45, 7) is 5.70. The van der Waals surface area contributed by atoms with Gasteiger partial charge < -0.3 is 14.4 Å². The summed E-state index contributed by atoms with van der Waals surface area (Å²) in [4.78, 5) is 14.8. The van der Waals surface area contributed by atoms with E-state index in [2.05, 4.69) is 0 Å². The van der Waals surface area contributed by atoms with Crippen LogP contribution in [0.15, 0.2) is 4.42 Å². The van der Waals surface area contributed by atoms with Crippen molar-refractivity contribution in [2.45, 2.75) is 64.6 Å². The van der Waals surface area contributed by atoms with Crippen LogP contribution in [0.4, 0.5) is 0 Å². The largest absolute Gasteiger partial charge is 0.466 e. The molecule has 2 bridgehead atoms. The van der Waals surface area contributed by atoms with Gasteiger partial charge in [0.2, 0.25) is 0 Å². The molecule has 104 valence electrons. The first kappa shape index (κ1) is 12.7. The predicted molar refractivity (Wildman–Crippen MR) is 71.1 cm³/mol. The maximum atomic E-state index is 12.8. The van der Waals surface area contributed by atoms with Gasteiger partial charge in [0.15, 0.2) is 0 Å². The zero-order valence-electron chi connectivity index (χ0n) is 11.8. The van der Waals surface area contributed by atoms with Crippen LogP contribution >= 0.6 is 0 Å². The zero-order chi connectivity index (χ0) is 13.7. The Morgan fingerprint density at radius 1 is 1.16 bits per heavy atom. The van der Waals surface area contributed by atoms with Gasteiger partial charge in [-0.2, -0.15) is 0 Å². The molecule has 1 amide bonds. The Balaban J connectivity index is 1.93. The highest BCUT2D eigenvalue weighted by molar-refractivity contribution is 5.97. The van der Waals surface area contributed by atoms with Gasteiger partial charge in [0.1, 0.15) is 11.5 Å². The molecule has 0 spiro atoms. The van der Waals surface area contributed by atoms with Crippen molar-refractivity contribution >= 4 is 5.91 Å². The summed E-state index contributed by atoms with van der Waals surface area (Å²) < 4.78 is 5.57. The van der Waals surface area contributed by atoms with Gasteiger partial charge in [0.25, 0.3) is 5.91 Å². The lowest BCUT2D eigenvalue weighted by molar-refractivity contribution is 0.0285. The summed E-state index contributed by atoms with van der Waals surface area (Å²) in [6, 6.07) is 0.408. The zero-order valence-corrected chi connectivity index (χ0v) is 11.8. The van der Waals surface area contributed by atoms with Gasteiger partial charge in [-0.15, -0.1) is 0 Å². The summed E-state index contributed by atoms with van der Waals surface area (Å²) in [6.07, 6.45) is 3.23. The lowest BCUT2D eigenvalue weighted by Gasteiger charge is -2.37. The van der Waals surface area contributed by atoms with Crippen molar-refractivity contribution in [1.29, 1.82) is 0 Å². The molecule has 0 radical (unpaired) electrons. The number of carbonyl (C=O) groups is 1. The second-order valence-corrected chi connectivity index (χ2v) is 5.94. The number of amides is 1. The number of hydrogen-bond acceptors (Lipinski definition) is 3. The van der Waals surface area contributed by atoms with Gasteiger partial charge in [-0.05, 0) is 46.5 Å². The van der Waals surface area contributed by atoms with E-state index in [1.165, 1.54) is 0 Å². The van der Waals surface area contributed by atoms with Crippen molar-refractivity contribution in [1.82, 2.24) is 4.90 Å². The minimum atomic E-state index is -0.241. The first-order chi connectivity index (χ1) is 8.99. The van der Waals surface area contributed by atoms with Crippen molar-refractivity contribution < 1.29 is 14.3 Å². The van der Waals surface area contributed by atoms with Crippen LogP contribution in [0, 0.1) is 20.8 Å².